The Kier molecular flexibility index (Phi) is 4.89. The molecule has 1 heterocycles. The molecular formula is C13H16F2N2O3S. The van der Waals surface area contributed by atoms with Crippen molar-refractivity contribution in [3.8, 4) is 0 Å². The number of carbonyl (C=O) groups excluding carboxylic acids is 1. The first-order valence-electron chi connectivity index (χ1n) is 6.50. The minimum absolute atomic E-state index is 0.0307. The van der Waals surface area contributed by atoms with Crippen molar-refractivity contribution in [3.05, 3.63) is 35.4 Å². The van der Waals surface area contributed by atoms with Crippen molar-refractivity contribution in [2.24, 2.45) is 0 Å². The highest BCUT2D eigenvalue weighted by atomic mass is 32.2. The average Bonchev–Trinajstić information content (AvgIpc) is 2.39. The number of halogens is 2. The fraction of sp³-hybridized carbons (Fsp3) is 0.462. The van der Waals surface area contributed by atoms with Crippen LogP contribution in [0.2, 0.25) is 0 Å². The predicted molar refractivity (Wildman–Crippen MR) is 73.3 cm³/mol. The van der Waals surface area contributed by atoms with Crippen LogP contribution in [0.25, 0.3) is 0 Å². The van der Waals surface area contributed by atoms with Crippen LogP contribution in [-0.4, -0.2) is 38.4 Å². The van der Waals surface area contributed by atoms with Crippen molar-refractivity contribution in [3.63, 3.8) is 0 Å². The van der Waals surface area contributed by atoms with Gasteiger partial charge in [-0.3, -0.25) is 4.79 Å². The van der Waals surface area contributed by atoms with Gasteiger partial charge in [-0.05, 0) is 17.7 Å². The Bertz CT molecular complexity index is 634. The summed E-state index contributed by atoms with van der Waals surface area (Å²) in [5.41, 5.74) is 0.437. The van der Waals surface area contributed by atoms with Crippen molar-refractivity contribution in [2.75, 3.05) is 18.1 Å². The van der Waals surface area contributed by atoms with Crippen molar-refractivity contribution < 1.29 is 22.0 Å². The Labute approximate surface area is 121 Å². The molecule has 0 radical (unpaired) electrons. The van der Waals surface area contributed by atoms with E-state index in [9.17, 15) is 22.0 Å². The lowest BCUT2D eigenvalue weighted by Gasteiger charge is -2.23. The molecule has 0 bridgehead atoms. The third-order valence-electron chi connectivity index (χ3n) is 3.21. The van der Waals surface area contributed by atoms with Gasteiger partial charge >= 0.3 is 0 Å². The minimum atomic E-state index is -3.09. The summed E-state index contributed by atoms with van der Waals surface area (Å²) in [4.78, 5) is 11.7. The van der Waals surface area contributed by atoms with Gasteiger partial charge in [-0.2, -0.15) is 0 Å². The predicted octanol–water partition coefficient (Wildman–Crippen LogP) is 0.358. The smallest absolute Gasteiger partial charge is 0.221 e. The number of hydrogen-bond acceptors (Lipinski definition) is 4. The maximum Gasteiger partial charge on any atom is 0.221 e. The van der Waals surface area contributed by atoms with E-state index in [1.54, 1.807) is 0 Å². The molecule has 1 fully saturated rings. The molecule has 2 N–H and O–H groups in total. The van der Waals surface area contributed by atoms with E-state index in [1.165, 1.54) is 6.07 Å². The van der Waals surface area contributed by atoms with Crippen LogP contribution in [0, 0.1) is 11.6 Å². The first kappa shape index (κ1) is 15.8. The number of nitrogens with one attached hydrogen (secondary N) is 2. The van der Waals surface area contributed by atoms with Crippen LogP contribution in [0.3, 0.4) is 0 Å². The third kappa shape index (κ3) is 4.75. The number of benzene rings is 1. The van der Waals surface area contributed by atoms with Crippen molar-refractivity contribution in [1.29, 1.82) is 0 Å². The van der Waals surface area contributed by atoms with Gasteiger partial charge in [0.1, 0.15) is 0 Å². The molecule has 0 spiro atoms. The molecule has 0 aliphatic carbocycles. The second-order valence-electron chi connectivity index (χ2n) is 4.99. The Hall–Kier alpha value is -1.54. The van der Waals surface area contributed by atoms with Crippen LogP contribution in [0.1, 0.15) is 12.0 Å². The van der Waals surface area contributed by atoms with Crippen LogP contribution < -0.4 is 10.6 Å². The molecule has 8 heteroatoms. The molecule has 1 aromatic rings. The minimum Gasteiger partial charge on any atom is -0.352 e. The van der Waals surface area contributed by atoms with E-state index in [-0.39, 0.29) is 30.4 Å². The van der Waals surface area contributed by atoms with Gasteiger partial charge in [0.2, 0.25) is 5.91 Å². The summed E-state index contributed by atoms with van der Waals surface area (Å²) >= 11 is 0. The summed E-state index contributed by atoms with van der Waals surface area (Å²) in [7, 11) is -3.09. The van der Waals surface area contributed by atoms with Crippen molar-refractivity contribution >= 4 is 15.7 Å². The summed E-state index contributed by atoms with van der Waals surface area (Å²) in [5.74, 6) is -2.23. The molecule has 1 aliphatic heterocycles. The molecular weight excluding hydrogens is 302 g/mol. The first-order valence-corrected chi connectivity index (χ1v) is 8.32. The maximum absolute atomic E-state index is 13.0. The van der Waals surface area contributed by atoms with Gasteiger partial charge in [0.15, 0.2) is 21.5 Å². The van der Waals surface area contributed by atoms with Crippen LogP contribution >= 0.6 is 0 Å². The largest absolute Gasteiger partial charge is 0.352 e. The fourth-order valence-corrected chi connectivity index (χ4v) is 3.59. The Morgan fingerprint density at radius 2 is 2.10 bits per heavy atom. The maximum atomic E-state index is 13.0. The highest BCUT2D eigenvalue weighted by molar-refractivity contribution is 7.91. The first-order chi connectivity index (χ1) is 9.85. The van der Waals surface area contributed by atoms with Gasteiger partial charge in [0.05, 0.1) is 11.5 Å². The molecule has 1 aliphatic rings. The summed E-state index contributed by atoms with van der Waals surface area (Å²) in [6.07, 6.45) is 0.0307. The molecule has 0 saturated carbocycles. The Balaban J connectivity index is 1.83. The van der Waals surface area contributed by atoms with E-state index in [0.717, 1.165) is 12.1 Å². The molecule has 0 aromatic heterocycles. The van der Waals surface area contributed by atoms with E-state index in [2.05, 4.69) is 10.6 Å². The molecule has 1 aromatic carbocycles. The normalized spacial score (nSPS) is 21.0. The molecule has 2 rings (SSSR count). The standard InChI is InChI=1S/C13H16F2N2O3S/c14-11-2-1-9(5-12(11)15)7-17-13(18)6-10-8-21(19,20)4-3-16-10/h1-2,5,10,16H,3-4,6-8H2,(H,17,18). The highest BCUT2D eigenvalue weighted by Gasteiger charge is 2.25. The molecule has 1 amide bonds. The summed E-state index contributed by atoms with van der Waals surface area (Å²) in [5, 5.41) is 5.53. The Morgan fingerprint density at radius 1 is 1.33 bits per heavy atom. The van der Waals surface area contributed by atoms with Gasteiger partial charge in [-0.25, -0.2) is 17.2 Å². The summed E-state index contributed by atoms with van der Waals surface area (Å²) in [6.45, 7) is 0.402. The number of rotatable bonds is 4. The van der Waals surface area contributed by atoms with Gasteiger partial charge in [0.25, 0.3) is 0 Å². The molecule has 116 valence electrons. The van der Waals surface area contributed by atoms with Crippen LogP contribution in [0.15, 0.2) is 18.2 Å². The van der Waals surface area contributed by atoms with Crippen LogP contribution in [-0.2, 0) is 21.2 Å². The van der Waals surface area contributed by atoms with E-state index < -0.39 is 27.5 Å². The molecule has 1 saturated heterocycles. The monoisotopic (exact) mass is 318 g/mol. The van der Waals surface area contributed by atoms with Crippen molar-refractivity contribution in [1.82, 2.24) is 10.6 Å². The molecule has 1 unspecified atom stereocenters. The van der Waals surface area contributed by atoms with Crippen molar-refractivity contribution in [2.45, 2.75) is 19.0 Å². The van der Waals surface area contributed by atoms with E-state index in [0.29, 0.717) is 12.1 Å². The van der Waals surface area contributed by atoms with Gasteiger partial charge in [-0.15, -0.1) is 0 Å². The molecule has 5 nitrogen and oxygen atoms in total. The SMILES string of the molecule is O=C(CC1CS(=O)(=O)CCN1)NCc1ccc(F)c(F)c1. The zero-order valence-electron chi connectivity index (χ0n) is 11.2. The van der Waals surface area contributed by atoms with E-state index in [4.69, 9.17) is 0 Å². The lowest BCUT2D eigenvalue weighted by atomic mass is 10.2. The highest BCUT2D eigenvalue weighted by Crippen LogP contribution is 2.09. The molecule has 1 atom stereocenters. The third-order valence-corrected chi connectivity index (χ3v) is 4.94. The second kappa shape index (κ2) is 6.48. The van der Waals surface area contributed by atoms with Gasteiger partial charge in [0, 0.05) is 25.6 Å². The van der Waals surface area contributed by atoms with Gasteiger partial charge in [-0.1, -0.05) is 6.07 Å². The zero-order valence-corrected chi connectivity index (χ0v) is 12.1. The lowest BCUT2D eigenvalue weighted by molar-refractivity contribution is -0.121. The Morgan fingerprint density at radius 3 is 2.76 bits per heavy atom. The van der Waals surface area contributed by atoms with Crippen LogP contribution in [0.4, 0.5) is 8.78 Å². The number of amides is 1. The number of hydrogen-bond donors (Lipinski definition) is 2. The quantitative estimate of drug-likeness (QED) is 0.840. The molecule has 21 heavy (non-hydrogen) atoms. The van der Waals surface area contributed by atoms with Gasteiger partial charge < -0.3 is 10.6 Å². The van der Waals surface area contributed by atoms with E-state index in [1.807, 2.05) is 0 Å². The fourth-order valence-electron chi connectivity index (χ4n) is 2.14. The number of carbonyl (C=O) groups is 1. The topological polar surface area (TPSA) is 75.3 Å². The average molecular weight is 318 g/mol. The zero-order chi connectivity index (χ0) is 15.5. The number of sulfone groups is 1. The summed E-state index contributed by atoms with van der Waals surface area (Å²) < 4.78 is 48.6. The second-order valence-corrected chi connectivity index (χ2v) is 7.22. The summed E-state index contributed by atoms with van der Waals surface area (Å²) in [6, 6.07) is 2.97. The van der Waals surface area contributed by atoms with Crippen LogP contribution in [0.5, 0.6) is 0 Å². The lowest BCUT2D eigenvalue weighted by Crippen LogP contribution is -2.47. The van der Waals surface area contributed by atoms with E-state index >= 15 is 0 Å².